The fourth-order valence-corrected chi connectivity index (χ4v) is 0.969. The first-order valence-electron chi connectivity index (χ1n) is 4.64. The Morgan fingerprint density at radius 3 is 2.86 bits per heavy atom. The highest BCUT2D eigenvalue weighted by molar-refractivity contribution is 5.77. The van der Waals surface area contributed by atoms with E-state index >= 15 is 0 Å². The molecule has 0 spiro atoms. The first-order valence-corrected chi connectivity index (χ1v) is 4.64. The lowest BCUT2D eigenvalue weighted by atomic mass is 10.2. The zero-order valence-corrected chi connectivity index (χ0v) is 8.69. The fourth-order valence-electron chi connectivity index (χ4n) is 0.969. The minimum absolute atomic E-state index is 0.0442. The van der Waals surface area contributed by atoms with Gasteiger partial charge in [0.05, 0.1) is 6.42 Å². The predicted octanol–water partition coefficient (Wildman–Crippen LogP) is -0.333. The van der Waals surface area contributed by atoms with Gasteiger partial charge in [-0.1, -0.05) is 6.92 Å². The minimum Gasteiger partial charge on any atom is -0.353 e. The van der Waals surface area contributed by atoms with Gasteiger partial charge in [0.2, 0.25) is 5.91 Å². The number of tetrazole rings is 1. The molecule has 0 aromatic carbocycles. The van der Waals surface area contributed by atoms with E-state index in [1.807, 2.05) is 13.8 Å². The second-order valence-corrected chi connectivity index (χ2v) is 3.27. The summed E-state index contributed by atoms with van der Waals surface area (Å²) in [6.07, 6.45) is 1.15. The molecule has 0 bridgehead atoms. The SMILES string of the molecule is CCC(C)NC(=O)Cc1nnnn1C. The lowest BCUT2D eigenvalue weighted by Gasteiger charge is -2.10. The van der Waals surface area contributed by atoms with Crippen molar-refractivity contribution in [3.63, 3.8) is 0 Å². The van der Waals surface area contributed by atoms with Crippen LogP contribution in [0.1, 0.15) is 26.1 Å². The summed E-state index contributed by atoms with van der Waals surface area (Å²) in [5, 5.41) is 13.7. The zero-order valence-electron chi connectivity index (χ0n) is 8.69. The molecule has 0 radical (unpaired) electrons. The van der Waals surface area contributed by atoms with Crippen LogP contribution in [0.4, 0.5) is 0 Å². The smallest absolute Gasteiger partial charge is 0.227 e. The lowest BCUT2D eigenvalue weighted by Crippen LogP contribution is -2.33. The summed E-state index contributed by atoms with van der Waals surface area (Å²) < 4.78 is 1.50. The van der Waals surface area contributed by atoms with E-state index in [1.54, 1.807) is 7.05 Å². The molecule has 1 amide bonds. The lowest BCUT2D eigenvalue weighted by molar-refractivity contribution is -0.121. The second kappa shape index (κ2) is 4.69. The highest BCUT2D eigenvalue weighted by Gasteiger charge is 2.10. The Kier molecular flexibility index (Phi) is 3.55. The number of carbonyl (C=O) groups excluding carboxylic acids is 1. The molecular formula is C8H15N5O. The predicted molar refractivity (Wildman–Crippen MR) is 50.4 cm³/mol. The maximum absolute atomic E-state index is 11.4. The number of rotatable bonds is 4. The van der Waals surface area contributed by atoms with Crippen molar-refractivity contribution in [1.29, 1.82) is 0 Å². The largest absolute Gasteiger partial charge is 0.353 e. The normalized spacial score (nSPS) is 12.5. The van der Waals surface area contributed by atoms with Gasteiger partial charge in [0, 0.05) is 13.1 Å². The molecule has 1 rings (SSSR count). The van der Waals surface area contributed by atoms with Crippen LogP contribution in [0, 0.1) is 0 Å². The van der Waals surface area contributed by atoms with Gasteiger partial charge in [-0.15, -0.1) is 5.10 Å². The highest BCUT2D eigenvalue weighted by Crippen LogP contribution is 1.93. The molecule has 1 N–H and O–H groups in total. The van der Waals surface area contributed by atoms with Crippen molar-refractivity contribution < 1.29 is 4.79 Å². The number of aromatic nitrogens is 4. The van der Waals surface area contributed by atoms with Gasteiger partial charge in [-0.3, -0.25) is 4.79 Å². The molecule has 0 aliphatic carbocycles. The average molecular weight is 197 g/mol. The number of hydrogen-bond donors (Lipinski definition) is 1. The second-order valence-electron chi connectivity index (χ2n) is 3.27. The molecule has 78 valence electrons. The third kappa shape index (κ3) is 2.79. The van der Waals surface area contributed by atoms with E-state index in [9.17, 15) is 4.79 Å². The van der Waals surface area contributed by atoms with Crippen LogP contribution in [0.25, 0.3) is 0 Å². The standard InChI is InChI=1S/C8H15N5O/c1-4-6(2)9-8(14)5-7-10-11-12-13(7)3/h6H,4-5H2,1-3H3,(H,9,14). The van der Waals surface area contributed by atoms with Gasteiger partial charge in [-0.2, -0.15) is 0 Å². The third-order valence-corrected chi connectivity index (χ3v) is 2.05. The van der Waals surface area contributed by atoms with Crippen molar-refractivity contribution >= 4 is 5.91 Å². The van der Waals surface area contributed by atoms with Gasteiger partial charge in [-0.25, -0.2) is 4.68 Å². The Morgan fingerprint density at radius 1 is 1.64 bits per heavy atom. The molecule has 1 atom stereocenters. The van der Waals surface area contributed by atoms with Crippen LogP contribution in [-0.2, 0) is 18.3 Å². The topological polar surface area (TPSA) is 72.7 Å². The number of amides is 1. The Hall–Kier alpha value is -1.46. The van der Waals surface area contributed by atoms with E-state index in [2.05, 4.69) is 20.8 Å². The van der Waals surface area contributed by atoms with E-state index in [0.717, 1.165) is 6.42 Å². The van der Waals surface area contributed by atoms with Gasteiger partial charge in [0.1, 0.15) is 0 Å². The number of nitrogens with zero attached hydrogens (tertiary/aromatic N) is 4. The quantitative estimate of drug-likeness (QED) is 0.717. The van der Waals surface area contributed by atoms with Crippen molar-refractivity contribution in [2.45, 2.75) is 32.7 Å². The molecule has 0 aliphatic heterocycles. The van der Waals surface area contributed by atoms with Crippen LogP contribution in [-0.4, -0.2) is 32.2 Å². The molecule has 1 aromatic heterocycles. The summed E-state index contributed by atoms with van der Waals surface area (Å²) in [7, 11) is 1.71. The van der Waals surface area contributed by atoms with Crippen molar-refractivity contribution in [3.05, 3.63) is 5.82 Å². The zero-order chi connectivity index (χ0) is 10.6. The molecule has 6 heteroatoms. The molecule has 1 heterocycles. The Labute approximate surface area is 82.7 Å². The number of hydrogen-bond acceptors (Lipinski definition) is 4. The monoisotopic (exact) mass is 197 g/mol. The van der Waals surface area contributed by atoms with E-state index in [1.165, 1.54) is 4.68 Å². The van der Waals surface area contributed by atoms with Crippen molar-refractivity contribution in [1.82, 2.24) is 25.5 Å². The molecule has 0 aliphatic rings. The van der Waals surface area contributed by atoms with Crippen LogP contribution in [0.15, 0.2) is 0 Å². The molecule has 0 fully saturated rings. The van der Waals surface area contributed by atoms with Crippen LogP contribution >= 0.6 is 0 Å². The summed E-state index contributed by atoms with van der Waals surface area (Å²) in [5.41, 5.74) is 0. The van der Waals surface area contributed by atoms with Gasteiger partial charge >= 0.3 is 0 Å². The van der Waals surface area contributed by atoms with Gasteiger partial charge in [0.15, 0.2) is 5.82 Å². The highest BCUT2D eigenvalue weighted by atomic mass is 16.1. The maximum Gasteiger partial charge on any atom is 0.227 e. The molecule has 0 saturated heterocycles. The third-order valence-electron chi connectivity index (χ3n) is 2.05. The Bertz CT molecular complexity index is 308. The number of nitrogens with one attached hydrogen (secondary N) is 1. The first-order chi connectivity index (χ1) is 6.63. The summed E-state index contributed by atoms with van der Waals surface area (Å²) >= 11 is 0. The van der Waals surface area contributed by atoms with Gasteiger partial charge in [-0.05, 0) is 23.8 Å². The molecule has 14 heavy (non-hydrogen) atoms. The summed E-state index contributed by atoms with van der Waals surface area (Å²) in [5.74, 6) is 0.531. The van der Waals surface area contributed by atoms with Gasteiger partial charge < -0.3 is 5.32 Å². The Morgan fingerprint density at radius 2 is 2.36 bits per heavy atom. The van der Waals surface area contributed by atoms with Crippen molar-refractivity contribution in [2.24, 2.45) is 7.05 Å². The van der Waals surface area contributed by atoms with E-state index < -0.39 is 0 Å². The van der Waals surface area contributed by atoms with Crippen LogP contribution < -0.4 is 5.32 Å². The molecular weight excluding hydrogens is 182 g/mol. The van der Waals surface area contributed by atoms with E-state index in [-0.39, 0.29) is 18.4 Å². The van der Waals surface area contributed by atoms with Crippen LogP contribution in [0.3, 0.4) is 0 Å². The first kappa shape index (κ1) is 10.6. The summed E-state index contributed by atoms with van der Waals surface area (Å²) in [4.78, 5) is 11.4. The maximum atomic E-state index is 11.4. The molecule has 6 nitrogen and oxygen atoms in total. The molecule has 1 unspecified atom stereocenters. The van der Waals surface area contributed by atoms with Crippen LogP contribution in [0.5, 0.6) is 0 Å². The molecule has 0 saturated carbocycles. The summed E-state index contributed by atoms with van der Waals surface area (Å²) in [6.45, 7) is 3.99. The minimum atomic E-state index is -0.0442. The number of aryl methyl sites for hydroxylation is 1. The van der Waals surface area contributed by atoms with Crippen molar-refractivity contribution in [3.8, 4) is 0 Å². The van der Waals surface area contributed by atoms with E-state index in [0.29, 0.717) is 5.82 Å². The summed E-state index contributed by atoms with van der Waals surface area (Å²) in [6, 6.07) is 0.198. The fraction of sp³-hybridized carbons (Fsp3) is 0.750. The van der Waals surface area contributed by atoms with Gasteiger partial charge in [0.25, 0.3) is 0 Å². The van der Waals surface area contributed by atoms with E-state index in [4.69, 9.17) is 0 Å². The molecule has 1 aromatic rings. The number of carbonyl (C=O) groups is 1. The Balaban J connectivity index is 2.45. The van der Waals surface area contributed by atoms with Crippen LogP contribution in [0.2, 0.25) is 0 Å². The van der Waals surface area contributed by atoms with Crippen molar-refractivity contribution in [2.75, 3.05) is 0 Å². The average Bonchev–Trinajstić information content (AvgIpc) is 2.51.